The third-order valence-corrected chi connectivity index (χ3v) is 7.35. The highest BCUT2D eigenvalue weighted by atomic mass is 19.3. The molecule has 3 N–H and O–H groups in total. The maximum Gasteiger partial charge on any atom is 0.329 e. The van der Waals surface area contributed by atoms with Crippen LogP contribution in [0.2, 0.25) is 0 Å². The molecule has 0 aromatic carbocycles. The maximum absolute atomic E-state index is 15.6. The number of aromatic nitrogens is 2. The quantitative estimate of drug-likeness (QED) is 0.710. The molecule has 0 bridgehead atoms. The monoisotopic (exact) mass is 410 g/mol. The molecule has 2 heterocycles. The van der Waals surface area contributed by atoms with Crippen LogP contribution in [-0.2, 0) is 0 Å². The standard InChI is InChI=1S/C20H25F3N4O2/c1-8-13-15(27(11-3-4-11)19(29)25-18(13)28)9(2)16(14(8)21)26-6-10-5-20(22,23)17(24)12(10)7-26/h10-12,14,16-17H,3-7,24H2,1-2H3,(H,25,28,29). The minimum atomic E-state index is -2.88. The number of nitrogens with one attached hydrogen (secondary N) is 1. The Kier molecular flexibility index (Phi) is 4.00. The number of likely N-dealkylation sites (tertiary alicyclic amines) is 1. The Hall–Kier alpha value is -1.87. The van der Waals surface area contributed by atoms with Gasteiger partial charge in [0.25, 0.3) is 11.5 Å². The van der Waals surface area contributed by atoms with Crippen molar-refractivity contribution in [2.24, 2.45) is 17.6 Å². The normalized spacial score (nSPS) is 36.4. The van der Waals surface area contributed by atoms with Crippen molar-refractivity contribution in [3.05, 3.63) is 31.4 Å². The number of nitrogens with two attached hydrogens (primary N) is 1. The fourth-order valence-electron chi connectivity index (χ4n) is 5.76. The van der Waals surface area contributed by atoms with Crippen molar-refractivity contribution < 1.29 is 13.2 Å². The summed E-state index contributed by atoms with van der Waals surface area (Å²) < 4.78 is 45.1. The SMILES string of the molecule is CC1=c2c(=O)[nH]c(=O)n(C3CC3)c2=C(C)C(N2CC3CC(F)(F)C(N)C3C2)C1F. The van der Waals surface area contributed by atoms with E-state index in [1.54, 1.807) is 18.4 Å². The summed E-state index contributed by atoms with van der Waals surface area (Å²) in [6.07, 6.45) is -0.0354. The molecule has 0 amide bonds. The van der Waals surface area contributed by atoms with E-state index in [9.17, 15) is 18.4 Å². The third-order valence-electron chi connectivity index (χ3n) is 7.35. The van der Waals surface area contributed by atoms with E-state index < -0.39 is 35.4 Å². The predicted octanol–water partition coefficient (Wildman–Crippen LogP) is -0.153. The molecule has 1 saturated heterocycles. The second kappa shape index (κ2) is 6.07. The lowest BCUT2D eigenvalue weighted by atomic mass is 9.90. The van der Waals surface area contributed by atoms with Crippen LogP contribution in [0.3, 0.4) is 0 Å². The van der Waals surface area contributed by atoms with Crippen LogP contribution in [0.5, 0.6) is 0 Å². The van der Waals surface area contributed by atoms with E-state index in [1.165, 1.54) is 0 Å². The average molecular weight is 410 g/mol. The first-order valence-electron chi connectivity index (χ1n) is 10.2. The van der Waals surface area contributed by atoms with E-state index in [0.29, 0.717) is 24.0 Å². The molecule has 0 spiro atoms. The van der Waals surface area contributed by atoms with Gasteiger partial charge in [-0.1, -0.05) is 0 Å². The van der Waals surface area contributed by atoms with Crippen LogP contribution < -0.4 is 27.6 Å². The van der Waals surface area contributed by atoms with Gasteiger partial charge in [-0.2, -0.15) is 0 Å². The molecule has 9 heteroatoms. The Labute approximate surface area is 164 Å². The van der Waals surface area contributed by atoms with E-state index in [0.717, 1.165) is 12.8 Å². The first-order valence-corrected chi connectivity index (χ1v) is 10.2. The number of hydrogen-bond acceptors (Lipinski definition) is 4. The highest BCUT2D eigenvalue weighted by Crippen LogP contribution is 2.47. The summed E-state index contributed by atoms with van der Waals surface area (Å²) in [7, 11) is 0. The lowest BCUT2D eigenvalue weighted by molar-refractivity contribution is -0.0201. The van der Waals surface area contributed by atoms with E-state index in [1.807, 2.05) is 4.90 Å². The molecule has 1 aromatic heterocycles. The van der Waals surface area contributed by atoms with Crippen molar-refractivity contribution in [2.45, 2.75) is 63.3 Å². The van der Waals surface area contributed by atoms with Gasteiger partial charge in [0.1, 0.15) is 6.17 Å². The smallest absolute Gasteiger partial charge is 0.322 e. The van der Waals surface area contributed by atoms with Crippen LogP contribution in [0.4, 0.5) is 13.2 Å². The summed E-state index contributed by atoms with van der Waals surface area (Å²) in [6, 6.07) is -1.89. The minimum absolute atomic E-state index is 0.0118. The van der Waals surface area contributed by atoms with Gasteiger partial charge in [-0.15, -0.1) is 0 Å². The highest BCUT2D eigenvalue weighted by molar-refractivity contribution is 5.62. The molecule has 5 rings (SSSR count). The molecule has 1 aromatic rings. The number of rotatable bonds is 2. The second-order valence-electron chi connectivity index (χ2n) is 9.17. The van der Waals surface area contributed by atoms with Crippen molar-refractivity contribution in [3.63, 3.8) is 0 Å². The zero-order valence-electron chi connectivity index (χ0n) is 16.4. The lowest BCUT2D eigenvalue weighted by Gasteiger charge is -2.35. The number of H-pyrrole nitrogens is 1. The van der Waals surface area contributed by atoms with E-state index in [2.05, 4.69) is 4.98 Å². The van der Waals surface area contributed by atoms with Crippen LogP contribution in [0.1, 0.15) is 39.2 Å². The van der Waals surface area contributed by atoms with Crippen LogP contribution in [0, 0.1) is 11.8 Å². The minimum Gasteiger partial charge on any atom is -0.322 e. The topological polar surface area (TPSA) is 84.1 Å². The van der Waals surface area contributed by atoms with Gasteiger partial charge in [0.05, 0.1) is 22.7 Å². The Balaban J connectivity index is 1.64. The van der Waals surface area contributed by atoms with Gasteiger partial charge in [-0.05, 0) is 49.7 Å². The fourth-order valence-corrected chi connectivity index (χ4v) is 5.76. The Morgan fingerprint density at radius 1 is 1.14 bits per heavy atom. The Morgan fingerprint density at radius 3 is 2.45 bits per heavy atom. The van der Waals surface area contributed by atoms with Crippen LogP contribution in [-0.4, -0.2) is 51.7 Å². The third kappa shape index (κ3) is 2.63. The zero-order valence-corrected chi connectivity index (χ0v) is 16.4. The molecule has 1 aliphatic heterocycles. The number of hydrogen-bond donors (Lipinski definition) is 2. The van der Waals surface area contributed by atoms with Gasteiger partial charge in [-0.3, -0.25) is 19.2 Å². The van der Waals surface area contributed by atoms with Crippen LogP contribution in [0.25, 0.3) is 11.1 Å². The van der Waals surface area contributed by atoms with Gasteiger partial charge in [0.15, 0.2) is 0 Å². The number of alkyl halides is 3. The molecule has 6 nitrogen and oxygen atoms in total. The summed E-state index contributed by atoms with van der Waals surface area (Å²) in [5, 5.41) is 0.740. The van der Waals surface area contributed by atoms with E-state index in [-0.39, 0.29) is 35.1 Å². The molecule has 5 atom stereocenters. The molecule has 158 valence electrons. The highest BCUT2D eigenvalue weighted by Gasteiger charge is 2.57. The van der Waals surface area contributed by atoms with Gasteiger partial charge in [-0.25, -0.2) is 18.0 Å². The predicted molar refractivity (Wildman–Crippen MR) is 102 cm³/mol. The van der Waals surface area contributed by atoms with Crippen molar-refractivity contribution >= 4 is 11.1 Å². The van der Waals surface area contributed by atoms with Gasteiger partial charge in [0, 0.05) is 25.6 Å². The van der Waals surface area contributed by atoms with Gasteiger partial charge >= 0.3 is 5.69 Å². The molecule has 4 aliphatic rings. The molecule has 3 aliphatic carbocycles. The summed E-state index contributed by atoms with van der Waals surface area (Å²) in [5.74, 6) is -3.53. The van der Waals surface area contributed by atoms with Crippen molar-refractivity contribution in [2.75, 3.05) is 13.1 Å². The lowest BCUT2D eigenvalue weighted by Crippen LogP contribution is -2.61. The van der Waals surface area contributed by atoms with E-state index in [4.69, 9.17) is 5.73 Å². The van der Waals surface area contributed by atoms with Crippen LogP contribution in [0.15, 0.2) is 9.59 Å². The molecule has 5 unspecified atom stereocenters. The number of fused-ring (bicyclic) bond motifs is 2. The van der Waals surface area contributed by atoms with Crippen molar-refractivity contribution in [1.82, 2.24) is 14.5 Å². The second-order valence-corrected chi connectivity index (χ2v) is 9.17. The van der Waals surface area contributed by atoms with E-state index >= 15 is 4.39 Å². The fraction of sp³-hybridized carbons (Fsp3) is 0.700. The Morgan fingerprint density at radius 2 is 1.83 bits per heavy atom. The van der Waals surface area contributed by atoms with Crippen LogP contribution >= 0.6 is 0 Å². The maximum atomic E-state index is 15.6. The van der Waals surface area contributed by atoms with Crippen molar-refractivity contribution in [3.8, 4) is 0 Å². The first-order chi connectivity index (χ1) is 13.6. The summed E-state index contributed by atoms with van der Waals surface area (Å²) >= 11 is 0. The van der Waals surface area contributed by atoms with Gasteiger partial charge < -0.3 is 5.73 Å². The molecular formula is C20H25F3N4O2. The number of nitrogens with zero attached hydrogens (tertiary/aromatic N) is 2. The summed E-state index contributed by atoms with van der Waals surface area (Å²) in [4.78, 5) is 29.2. The molecular weight excluding hydrogens is 385 g/mol. The number of aromatic amines is 1. The molecule has 2 saturated carbocycles. The Bertz CT molecular complexity index is 1120. The number of halogens is 3. The summed E-state index contributed by atoms with van der Waals surface area (Å²) in [6.45, 7) is 3.97. The zero-order chi connectivity index (χ0) is 20.8. The largest absolute Gasteiger partial charge is 0.329 e. The van der Waals surface area contributed by atoms with Gasteiger partial charge in [0.2, 0.25) is 0 Å². The van der Waals surface area contributed by atoms with Crippen molar-refractivity contribution in [1.29, 1.82) is 0 Å². The first kappa shape index (κ1) is 19.1. The molecule has 29 heavy (non-hydrogen) atoms. The summed E-state index contributed by atoms with van der Waals surface area (Å²) in [5.41, 5.74) is 5.67. The molecule has 0 radical (unpaired) electrons. The molecule has 3 fully saturated rings. The average Bonchev–Trinajstić information content (AvgIpc) is 3.35.